The summed E-state index contributed by atoms with van der Waals surface area (Å²) >= 11 is 12.8. The second kappa shape index (κ2) is 6.80. The number of rotatable bonds is 2. The quantitative estimate of drug-likeness (QED) is 0.525. The molecule has 0 aliphatic carbocycles. The molecule has 0 fully saturated rings. The van der Waals surface area contributed by atoms with Crippen LogP contribution in [0.5, 0.6) is 5.75 Å². The third kappa shape index (κ3) is 2.93. The van der Waals surface area contributed by atoms with E-state index in [2.05, 4.69) is 36.2 Å². The average molecular weight is 410 g/mol. The molecule has 1 aromatic heterocycles. The zero-order chi connectivity index (χ0) is 19.3. The Morgan fingerprint density at radius 1 is 1.04 bits per heavy atom. The Bertz CT molecular complexity index is 1070. The number of hydrazone groups is 1. The van der Waals surface area contributed by atoms with E-state index in [0.717, 1.165) is 28.8 Å². The van der Waals surface area contributed by atoms with E-state index in [4.69, 9.17) is 33.0 Å². The van der Waals surface area contributed by atoms with E-state index in [1.807, 2.05) is 23.2 Å². The third-order valence-corrected chi connectivity index (χ3v) is 5.68. The molecule has 3 aromatic rings. The lowest BCUT2D eigenvalue weighted by molar-refractivity contribution is -0.0189. The highest BCUT2D eigenvalue weighted by Gasteiger charge is 2.42. The Hall–Kier alpha value is -2.56. The molecule has 140 valence electrons. The van der Waals surface area contributed by atoms with Crippen molar-refractivity contribution >= 4 is 28.9 Å². The van der Waals surface area contributed by atoms with Crippen molar-refractivity contribution in [1.29, 1.82) is 0 Å². The Morgan fingerprint density at radius 3 is 2.54 bits per heavy atom. The smallest absolute Gasteiger partial charge is 0.214 e. The van der Waals surface area contributed by atoms with Crippen LogP contribution in [-0.4, -0.2) is 15.7 Å². The number of pyridine rings is 1. The first-order valence-corrected chi connectivity index (χ1v) is 9.84. The molecule has 2 aliphatic heterocycles. The number of fused-ring (bicyclic) bond motifs is 3. The van der Waals surface area contributed by atoms with Crippen LogP contribution in [0.1, 0.15) is 40.9 Å². The molecule has 0 N–H and O–H groups in total. The first kappa shape index (κ1) is 17.5. The first-order chi connectivity index (χ1) is 13.6. The molecule has 0 unspecified atom stereocenters. The average Bonchev–Trinajstić information content (AvgIpc) is 3.14. The fourth-order valence-electron chi connectivity index (χ4n) is 3.78. The Labute approximate surface area is 173 Å². The molecule has 28 heavy (non-hydrogen) atoms. The van der Waals surface area contributed by atoms with Crippen LogP contribution in [0.25, 0.3) is 0 Å². The van der Waals surface area contributed by atoms with Crippen LogP contribution in [0, 0.1) is 6.92 Å². The van der Waals surface area contributed by atoms with Crippen LogP contribution >= 0.6 is 23.2 Å². The molecule has 2 aromatic carbocycles. The second-order valence-electron chi connectivity index (χ2n) is 7.07. The third-order valence-electron chi connectivity index (χ3n) is 5.18. The maximum Gasteiger partial charge on any atom is 0.214 e. The molecule has 3 heterocycles. The highest BCUT2D eigenvalue weighted by atomic mass is 35.5. The van der Waals surface area contributed by atoms with E-state index in [1.54, 1.807) is 18.5 Å². The summed E-state index contributed by atoms with van der Waals surface area (Å²) < 4.78 is 6.32. The molecule has 6 heteroatoms. The zero-order valence-corrected chi connectivity index (χ0v) is 16.7. The highest BCUT2D eigenvalue weighted by Crippen LogP contribution is 2.50. The molecule has 5 rings (SSSR count). The monoisotopic (exact) mass is 409 g/mol. The van der Waals surface area contributed by atoms with Crippen LogP contribution in [0.3, 0.4) is 0 Å². The van der Waals surface area contributed by atoms with Crippen LogP contribution in [0.2, 0.25) is 10.0 Å². The Kier molecular flexibility index (Phi) is 4.26. The van der Waals surface area contributed by atoms with E-state index in [-0.39, 0.29) is 12.3 Å². The zero-order valence-electron chi connectivity index (χ0n) is 15.1. The van der Waals surface area contributed by atoms with Gasteiger partial charge in [-0.2, -0.15) is 5.10 Å². The molecular formula is C22H17Cl2N3O. The van der Waals surface area contributed by atoms with Crippen molar-refractivity contribution in [3.05, 3.63) is 93.2 Å². The molecule has 0 saturated carbocycles. The SMILES string of the molecule is Cc1ccc(C2=NN3[C@H](C2)c2cc(Cl)cc(Cl)c2O[C@@H]3c2ccncc2)cc1. The molecular weight excluding hydrogens is 393 g/mol. The lowest BCUT2D eigenvalue weighted by atomic mass is 9.95. The van der Waals surface area contributed by atoms with Gasteiger partial charge in [-0.05, 0) is 36.8 Å². The number of aryl methyl sites for hydroxylation is 1. The van der Waals surface area contributed by atoms with Gasteiger partial charge in [0, 0.05) is 35.0 Å². The number of nitrogens with zero attached hydrogens (tertiary/aromatic N) is 3. The Morgan fingerprint density at radius 2 is 1.79 bits per heavy atom. The lowest BCUT2D eigenvalue weighted by Crippen LogP contribution is -2.33. The van der Waals surface area contributed by atoms with Gasteiger partial charge in [0.25, 0.3) is 0 Å². The maximum absolute atomic E-state index is 6.48. The van der Waals surface area contributed by atoms with Gasteiger partial charge in [0.15, 0.2) is 0 Å². The molecule has 4 nitrogen and oxygen atoms in total. The van der Waals surface area contributed by atoms with Crippen molar-refractivity contribution in [3.8, 4) is 5.75 Å². The fraction of sp³-hybridized carbons (Fsp3) is 0.182. The number of hydrogen-bond donors (Lipinski definition) is 0. The summed E-state index contributed by atoms with van der Waals surface area (Å²) in [5, 5.41) is 8.07. The van der Waals surface area contributed by atoms with Gasteiger partial charge in [-0.25, -0.2) is 5.01 Å². The minimum atomic E-state index is -0.373. The van der Waals surface area contributed by atoms with Gasteiger partial charge >= 0.3 is 0 Å². The summed E-state index contributed by atoms with van der Waals surface area (Å²) in [7, 11) is 0. The van der Waals surface area contributed by atoms with Gasteiger partial charge in [0.05, 0.1) is 16.8 Å². The molecule has 0 radical (unpaired) electrons. The van der Waals surface area contributed by atoms with Crippen LogP contribution in [0.4, 0.5) is 0 Å². The van der Waals surface area contributed by atoms with E-state index in [9.17, 15) is 0 Å². The maximum atomic E-state index is 6.48. The number of halogens is 2. The van der Waals surface area contributed by atoms with Crippen LogP contribution in [0.15, 0.2) is 66.0 Å². The number of aromatic nitrogens is 1. The second-order valence-corrected chi connectivity index (χ2v) is 7.91. The van der Waals surface area contributed by atoms with Crippen LogP contribution < -0.4 is 4.74 Å². The van der Waals surface area contributed by atoms with E-state index in [1.165, 1.54) is 5.56 Å². The predicted octanol–water partition coefficient (Wildman–Crippen LogP) is 5.94. The van der Waals surface area contributed by atoms with Crippen molar-refractivity contribution in [1.82, 2.24) is 9.99 Å². The number of ether oxygens (including phenoxy) is 1. The topological polar surface area (TPSA) is 37.7 Å². The minimum absolute atomic E-state index is 0.00872. The van der Waals surface area contributed by atoms with E-state index in [0.29, 0.717) is 15.8 Å². The minimum Gasteiger partial charge on any atom is -0.463 e. The van der Waals surface area contributed by atoms with Gasteiger partial charge in [-0.15, -0.1) is 0 Å². The number of hydrogen-bond acceptors (Lipinski definition) is 4. The van der Waals surface area contributed by atoms with E-state index < -0.39 is 0 Å². The van der Waals surface area contributed by atoms with Gasteiger partial charge in [-0.3, -0.25) is 4.98 Å². The van der Waals surface area contributed by atoms with Crippen molar-refractivity contribution in [2.75, 3.05) is 0 Å². The Balaban J connectivity index is 1.63. The molecule has 0 saturated heterocycles. The summed E-state index contributed by atoms with van der Waals surface area (Å²) in [6.45, 7) is 2.08. The van der Waals surface area contributed by atoms with Crippen molar-refractivity contribution in [2.24, 2.45) is 5.10 Å². The van der Waals surface area contributed by atoms with Gasteiger partial charge in [0.1, 0.15) is 5.75 Å². The summed E-state index contributed by atoms with van der Waals surface area (Å²) in [5.74, 6) is 0.675. The molecule has 2 atom stereocenters. The van der Waals surface area contributed by atoms with Gasteiger partial charge < -0.3 is 4.74 Å². The van der Waals surface area contributed by atoms with Crippen molar-refractivity contribution < 1.29 is 4.74 Å². The first-order valence-electron chi connectivity index (χ1n) is 9.08. The molecule has 0 spiro atoms. The summed E-state index contributed by atoms with van der Waals surface area (Å²) in [6.07, 6.45) is 3.90. The molecule has 2 aliphatic rings. The fourth-order valence-corrected chi connectivity index (χ4v) is 4.34. The van der Waals surface area contributed by atoms with Crippen molar-refractivity contribution in [3.63, 3.8) is 0 Å². The van der Waals surface area contributed by atoms with Gasteiger partial charge in [0.2, 0.25) is 6.23 Å². The number of benzene rings is 2. The molecule has 0 bridgehead atoms. The van der Waals surface area contributed by atoms with Gasteiger partial charge in [-0.1, -0.05) is 53.0 Å². The van der Waals surface area contributed by atoms with Crippen molar-refractivity contribution in [2.45, 2.75) is 25.6 Å². The predicted molar refractivity (Wildman–Crippen MR) is 111 cm³/mol. The summed E-state index contributed by atoms with van der Waals surface area (Å²) in [5.41, 5.74) is 5.31. The highest BCUT2D eigenvalue weighted by molar-refractivity contribution is 6.35. The standard InChI is InChI=1S/C22H17Cl2N3O/c1-13-2-4-14(5-3-13)19-12-20-17-10-16(23)11-18(24)21(17)28-22(27(20)26-19)15-6-8-25-9-7-15/h2-11,20,22H,12H2,1H3/t20-,22-/m1/s1. The normalized spacial score (nSPS) is 20.2. The molecule has 0 amide bonds. The largest absolute Gasteiger partial charge is 0.463 e. The summed E-state index contributed by atoms with van der Waals surface area (Å²) in [4.78, 5) is 4.12. The van der Waals surface area contributed by atoms with Crippen LogP contribution in [-0.2, 0) is 0 Å². The lowest BCUT2D eigenvalue weighted by Gasteiger charge is -2.38. The van der Waals surface area contributed by atoms with E-state index >= 15 is 0 Å². The summed E-state index contributed by atoms with van der Waals surface area (Å²) in [6, 6.07) is 16.0.